The first kappa shape index (κ1) is 72.9. The number of phenolic OH excluding ortho intramolecular Hbond substituents is 2. The lowest BCUT2D eigenvalue weighted by atomic mass is 9.72. The molecule has 95 heavy (non-hydrogen) atoms. The number of aromatic hydroxyl groups is 2. The Bertz CT molecular complexity index is 3340. The minimum absolute atomic E-state index is 0.0124. The molecule has 11 N–H and O–H groups in total. The standard InChI is InChI=1S/C68H93N9O18/c1-36(2)29-46(74-67(91)48-19-14-24-77(48)39(6)79)63(87)69-34-52(81)70-44(22-21-40-15-10-9-11-16-40)65(89)71-43(18-13-23-76-27-25-75(7)26-28-76)64(88)73-47(30-37(3)4)66(90)72-45-31-53(94-38(5)58(45)82)95-50-33-68(92,51(80)35-78)32-42-55(50)62(86)57-56(60(42)84)59(83)41-17-12-20-49(93-8)54(41)61(57)85/h9-12,15-17,20,36-38,43-48,50,53,58,78,82,84,86,92H,13-14,18-19,21-35H2,1-8H3,(H,69,87)(H,70,81)(H,71,89)(H,72,90)(H,73,88)(H,74,91)/t38-,43?,44-,45-,46-,47-,48-,50-,53-,58+,68-/m0/s1. The van der Waals surface area contributed by atoms with Gasteiger partial charge in [-0.25, -0.2) is 0 Å². The maximum Gasteiger partial charge on any atom is 0.243 e. The molecule has 0 aromatic heterocycles. The van der Waals surface area contributed by atoms with E-state index in [9.17, 15) is 73.5 Å². The molecule has 27 heteroatoms. The lowest BCUT2D eigenvalue weighted by molar-refractivity contribution is -0.249. The molecule has 3 heterocycles. The van der Waals surface area contributed by atoms with Crippen molar-refractivity contribution < 1.29 is 87.7 Å². The Morgan fingerprint density at radius 1 is 0.758 bits per heavy atom. The Hall–Kier alpha value is -7.92. The van der Waals surface area contributed by atoms with Crippen LogP contribution in [0.15, 0.2) is 48.5 Å². The Morgan fingerprint density at radius 3 is 2.04 bits per heavy atom. The van der Waals surface area contributed by atoms with E-state index in [4.69, 9.17) is 14.2 Å². The summed E-state index contributed by atoms with van der Waals surface area (Å²) in [5.74, 6) is -9.01. The molecule has 0 radical (unpaired) electrons. The second kappa shape index (κ2) is 32.2. The molecule has 2 aliphatic carbocycles. The molecule has 3 aliphatic heterocycles. The average molecular weight is 1320 g/mol. The van der Waals surface area contributed by atoms with Gasteiger partial charge < -0.3 is 86.3 Å². The number of piperazine rings is 1. The van der Waals surface area contributed by atoms with Gasteiger partial charge in [-0.2, -0.15) is 0 Å². The summed E-state index contributed by atoms with van der Waals surface area (Å²) >= 11 is 0. The highest BCUT2D eigenvalue weighted by Crippen LogP contribution is 2.52. The molecule has 8 rings (SSSR count). The van der Waals surface area contributed by atoms with Gasteiger partial charge in [0, 0.05) is 75.6 Å². The molecule has 0 spiro atoms. The SMILES string of the molecule is COc1cccc2c1C(=O)c1c(O)c3c(c(O)c1C2=O)C[C@@](O)(C(=O)CO)C[C@@H]3O[C@H]1C[C@H](NC(=O)[C@H](CC(C)C)NC(=O)C(CCCN2CCN(C)CC2)NC(=O)[C@H](CCc2ccccc2)NC(=O)CNC(=O)[C@H](CC(C)C)NC(=O)[C@@H]2CCCN2C(C)=O)[C@H](O)[C@H](C)O1. The topological polar surface area (TPSA) is 381 Å². The van der Waals surface area contributed by atoms with Crippen molar-refractivity contribution >= 4 is 58.7 Å². The van der Waals surface area contributed by atoms with Gasteiger partial charge in [-0.1, -0.05) is 70.2 Å². The van der Waals surface area contributed by atoms with Crippen LogP contribution < -0.4 is 36.6 Å². The van der Waals surface area contributed by atoms with Gasteiger partial charge >= 0.3 is 0 Å². The van der Waals surface area contributed by atoms with Crippen LogP contribution in [0, 0.1) is 11.8 Å². The molecule has 3 aromatic rings. The number of amides is 7. The largest absolute Gasteiger partial charge is 0.507 e. The maximum atomic E-state index is 14.9. The van der Waals surface area contributed by atoms with Gasteiger partial charge in [-0.15, -0.1) is 0 Å². The molecule has 0 bridgehead atoms. The van der Waals surface area contributed by atoms with Crippen LogP contribution in [0.2, 0.25) is 0 Å². The molecule has 3 saturated heterocycles. The van der Waals surface area contributed by atoms with Crippen molar-refractivity contribution in [1.29, 1.82) is 0 Å². The number of hydrogen-bond donors (Lipinski definition) is 11. The number of aryl methyl sites for hydroxylation is 1. The van der Waals surface area contributed by atoms with Crippen LogP contribution >= 0.6 is 0 Å². The summed E-state index contributed by atoms with van der Waals surface area (Å²) in [6.45, 7) is 12.7. The molecule has 518 valence electrons. The van der Waals surface area contributed by atoms with E-state index in [1.54, 1.807) is 0 Å². The lowest BCUT2D eigenvalue weighted by Crippen LogP contribution is -2.60. The van der Waals surface area contributed by atoms with E-state index in [0.29, 0.717) is 38.8 Å². The van der Waals surface area contributed by atoms with Crippen molar-refractivity contribution in [2.75, 3.05) is 66.6 Å². The zero-order valence-corrected chi connectivity index (χ0v) is 55.4. The summed E-state index contributed by atoms with van der Waals surface area (Å²) in [5, 5.41) is 74.3. The minimum Gasteiger partial charge on any atom is -0.507 e. The monoisotopic (exact) mass is 1320 g/mol. The number of nitrogens with one attached hydrogen (secondary N) is 6. The van der Waals surface area contributed by atoms with E-state index < -0.39 is 168 Å². The summed E-state index contributed by atoms with van der Waals surface area (Å²) in [5.41, 5.74) is -3.70. The predicted molar refractivity (Wildman–Crippen MR) is 344 cm³/mol. The number of aliphatic hydroxyl groups excluding tert-OH is 2. The first-order valence-electron chi connectivity index (χ1n) is 32.9. The van der Waals surface area contributed by atoms with Crippen LogP contribution in [-0.2, 0) is 60.7 Å². The molecular weight excluding hydrogens is 1230 g/mol. The van der Waals surface area contributed by atoms with E-state index in [1.807, 2.05) is 65.1 Å². The van der Waals surface area contributed by atoms with Gasteiger partial charge in [0.2, 0.25) is 47.1 Å². The van der Waals surface area contributed by atoms with Gasteiger partial charge in [-0.3, -0.25) is 47.9 Å². The summed E-state index contributed by atoms with van der Waals surface area (Å²) in [4.78, 5) is 145. The highest BCUT2D eigenvalue weighted by Gasteiger charge is 2.51. The van der Waals surface area contributed by atoms with Crippen molar-refractivity contribution in [1.82, 2.24) is 46.6 Å². The van der Waals surface area contributed by atoms with Crippen molar-refractivity contribution in [3.63, 3.8) is 0 Å². The fraction of sp³-hybridized carbons (Fsp3) is 0.588. The Balaban J connectivity index is 1.00. The fourth-order valence-corrected chi connectivity index (χ4v) is 13.4. The number of ketones is 3. The Labute approximate surface area is 552 Å². The van der Waals surface area contributed by atoms with E-state index in [1.165, 1.54) is 44.1 Å². The van der Waals surface area contributed by atoms with E-state index >= 15 is 0 Å². The van der Waals surface area contributed by atoms with Crippen molar-refractivity contribution in [3.05, 3.63) is 87.5 Å². The molecule has 11 atom stereocenters. The molecule has 3 aromatic carbocycles. The normalized spacial score (nSPS) is 23.3. The van der Waals surface area contributed by atoms with Crippen LogP contribution in [0.4, 0.5) is 0 Å². The fourth-order valence-electron chi connectivity index (χ4n) is 13.4. The minimum atomic E-state index is -2.46. The van der Waals surface area contributed by atoms with Crippen LogP contribution in [0.3, 0.4) is 0 Å². The molecule has 7 amide bonds. The smallest absolute Gasteiger partial charge is 0.243 e. The zero-order chi connectivity index (χ0) is 69.2. The summed E-state index contributed by atoms with van der Waals surface area (Å²) in [6, 6.07) is 6.70. The number of Topliss-reactive ketones (excluding diaryl/α,β-unsaturated/α-hetero) is 1. The van der Waals surface area contributed by atoms with Crippen molar-refractivity contribution in [3.8, 4) is 17.2 Å². The number of methoxy groups -OCH3 is 1. The van der Waals surface area contributed by atoms with Gasteiger partial charge in [0.25, 0.3) is 0 Å². The van der Waals surface area contributed by atoms with Crippen LogP contribution in [0.25, 0.3) is 0 Å². The first-order valence-corrected chi connectivity index (χ1v) is 32.9. The number of aliphatic hydroxyl groups is 3. The Morgan fingerprint density at radius 2 is 1.40 bits per heavy atom. The van der Waals surface area contributed by atoms with Gasteiger partial charge in [0.05, 0.1) is 48.6 Å². The number of carbonyl (C=O) groups excluding carboxylic acids is 10. The van der Waals surface area contributed by atoms with E-state index in [0.717, 1.165) is 31.7 Å². The number of rotatable bonds is 28. The van der Waals surface area contributed by atoms with Crippen molar-refractivity contribution in [2.45, 2.75) is 179 Å². The number of likely N-dealkylation sites (tertiary alicyclic amines) is 1. The molecule has 3 fully saturated rings. The van der Waals surface area contributed by atoms with Crippen LogP contribution in [0.1, 0.15) is 154 Å². The third kappa shape index (κ3) is 17.6. The number of carbonyl (C=O) groups is 10. The number of benzene rings is 3. The lowest BCUT2D eigenvalue weighted by Gasteiger charge is -2.43. The van der Waals surface area contributed by atoms with Crippen LogP contribution in [-0.4, -0.2) is 226 Å². The van der Waals surface area contributed by atoms with Crippen LogP contribution in [0.5, 0.6) is 17.2 Å². The molecule has 5 aliphatic rings. The number of phenols is 2. The highest BCUT2D eigenvalue weighted by atomic mass is 16.7. The van der Waals surface area contributed by atoms with Gasteiger partial charge in [-0.05, 0) is 95.3 Å². The predicted octanol–water partition coefficient (Wildman–Crippen LogP) is 0.978. The van der Waals surface area contributed by atoms with Gasteiger partial charge in [0.15, 0.2) is 17.9 Å². The highest BCUT2D eigenvalue weighted by molar-refractivity contribution is 6.31. The van der Waals surface area contributed by atoms with Crippen molar-refractivity contribution in [2.24, 2.45) is 11.8 Å². The number of nitrogens with zero attached hydrogens (tertiary/aromatic N) is 3. The Kier molecular flexibility index (Phi) is 24.7. The summed E-state index contributed by atoms with van der Waals surface area (Å²) in [6.07, 6.45) is -5.00. The average Bonchev–Trinajstić information content (AvgIpc) is 0.980. The molecular formula is C68H93N9O18. The number of likely N-dealkylation sites (N-methyl/N-ethyl adjacent to an activating group) is 1. The van der Waals surface area contributed by atoms with E-state index in [2.05, 4.69) is 41.7 Å². The number of ether oxygens (including phenoxy) is 3. The number of hydrogen-bond acceptors (Lipinski definition) is 20. The zero-order valence-electron chi connectivity index (χ0n) is 55.4. The first-order chi connectivity index (χ1) is 45.1. The summed E-state index contributed by atoms with van der Waals surface area (Å²) < 4.78 is 17.9. The van der Waals surface area contributed by atoms with Gasteiger partial charge in [0.1, 0.15) is 65.8 Å². The number of fused-ring (bicyclic) bond motifs is 3. The third-order valence-corrected chi connectivity index (χ3v) is 18.6. The van der Waals surface area contributed by atoms with E-state index in [-0.39, 0.29) is 77.9 Å². The molecule has 27 nitrogen and oxygen atoms in total. The molecule has 0 saturated carbocycles. The quantitative estimate of drug-likeness (QED) is 0.0353. The second-order valence-electron chi connectivity index (χ2n) is 26.6. The summed E-state index contributed by atoms with van der Waals surface area (Å²) in [7, 11) is 3.31. The molecule has 1 unspecified atom stereocenters. The second-order valence-corrected chi connectivity index (χ2v) is 26.6. The maximum absolute atomic E-state index is 14.9. The third-order valence-electron chi connectivity index (χ3n) is 18.6.